The highest BCUT2D eigenvalue weighted by Gasteiger charge is 2.06. The summed E-state index contributed by atoms with van der Waals surface area (Å²) in [6, 6.07) is 4.25. The molecule has 0 radical (unpaired) electrons. The van der Waals surface area contributed by atoms with Gasteiger partial charge in [0.05, 0.1) is 18.3 Å². The quantitative estimate of drug-likeness (QED) is 0.771. The van der Waals surface area contributed by atoms with Crippen molar-refractivity contribution in [2.45, 2.75) is 5.88 Å². The summed E-state index contributed by atoms with van der Waals surface area (Å²) in [6.07, 6.45) is 3.31. The van der Waals surface area contributed by atoms with Crippen molar-refractivity contribution in [2.75, 3.05) is 0 Å². The van der Waals surface area contributed by atoms with Gasteiger partial charge in [-0.05, 0) is 18.2 Å². The summed E-state index contributed by atoms with van der Waals surface area (Å²) in [5.41, 5.74) is 0.616. The van der Waals surface area contributed by atoms with Gasteiger partial charge in [0, 0.05) is 12.6 Å². The van der Waals surface area contributed by atoms with Crippen molar-refractivity contribution < 1.29 is 9.13 Å². The Morgan fingerprint density at radius 3 is 2.94 bits per heavy atom. The fourth-order valence-electron chi connectivity index (χ4n) is 1.33. The minimum atomic E-state index is -0.325. The lowest BCUT2D eigenvalue weighted by molar-refractivity contribution is 0.475. The molecule has 84 valence electrons. The van der Waals surface area contributed by atoms with Crippen molar-refractivity contribution in [1.82, 2.24) is 9.78 Å². The molecule has 0 saturated carbocycles. The normalized spacial score (nSPS) is 10.4. The van der Waals surface area contributed by atoms with E-state index in [9.17, 15) is 4.39 Å². The lowest BCUT2D eigenvalue weighted by Gasteiger charge is -2.07. The molecule has 1 aromatic carbocycles. The van der Waals surface area contributed by atoms with E-state index in [-0.39, 0.29) is 11.7 Å². The molecule has 0 amide bonds. The molecule has 3 nitrogen and oxygen atoms in total. The molecule has 0 saturated heterocycles. The third-order valence-electron chi connectivity index (χ3n) is 2.08. The van der Waals surface area contributed by atoms with E-state index in [2.05, 4.69) is 5.10 Å². The maximum atomic E-state index is 12.9. The minimum absolute atomic E-state index is 0.202. The highest BCUT2D eigenvalue weighted by molar-refractivity contribution is 6.17. The van der Waals surface area contributed by atoms with Gasteiger partial charge in [-0.2, -0.15) is 5.10 Å². The molecule has 0 aliphatic carbocycles. The number of halogens is 2. The smallest absolute Gasteiger partial charge is 0.165 e. The van der Waals surface area contributed by atoms with Crippen LogP contribution in [-0.4, -0.2) is 9.78 Å². The third-order valence-corrected chi connectivity index (χ3v) is 2.36. The maximum absolute atomic E-state index is 12.9. The van der Waals surface area contributed by atoms with Crippen LogP contribution in [0, 0.1) is 5.82 Å². The first-order chi connectivity index (χ1) is 7.69. The summed E-state index contributed by atoms with van der Waals surface area (Å²) in [4.78, 5) is 0. The highest BCUT2D eigenvalue weighted by Crippen LogP contribution is 2.26. The molecule has 0 aliphatic heterocycles. The van der Waals surface area contributed by atoms with Crippen LogP contribution in [0.25, 0.3) is 0 Å². The Kier molecular flexibility index (Phi) is 3.10. The lowest BCUT2D eigenvalue weighted by Crippen LogP contribution is -1.90. The number of aryl methyl sites for hydroxylation is 1. The van der Waals surface area contributed by atoms with E-state index >= 15 is 0 Å². The van der Waals surface area contributed by atoms with Crippen LogP contribution in [0.15, 0.2) is 30.6 Å². The van der Waals surface area contributed by atoms with Gasteiger partial charge in [-0.15, -0.1) is 11.6 Å². The van der Waals surface area contributed by atoms with E-state index in [1.165, 1.54) is 12.1 Å². The van der Waals surface area contributed by atoms with E-state index in [0.29, 0.717) is 17.1 Å². The summed E-state index contributed by atoms with van der Waals surface area (Å²) >= 11 is 5.71. The topological polar surface area (TPSA) is 27.1 Å². The van der Waals surface area contributed by atoms with Crippen molar-refractivity contribution in [3.8, 4) is 11.5 Å². The van der Waals surface area contributed by atoms with Gasteiger partial charge < -0.3 is 4.74 Å². The Bertz CT molecular complexity index is 498. The number of nitrogens with zero attached hydrogens (tertiary/aromatic N) is 2. The molecule has 0 bridgehead atoms. The third kappa shape index (κ3) is 2.33. The molecular formula is C11H10ClFN2O. The molecule has 0 aliphatic rings. The van der Waals surface area contributed by atoms with Crippen LogP contribution in [-0.2, 0) is 12.9 Å². The van der Waals surface area contributed by atoms with E-state index in [4.69, 9.17) is 16.3 Å². The molecule has 0 fully saturated rings. The van der Waals surface area contributed by atoms with Crippen molar-refractivity contribution in [3.05, 3.63) is 42.0 Å². The molecule has 1 aromatic heterocycles. The number of hydrogen-bond donors (Lipinski definition) is 0. The zero-order valence-electron chi connectivity index (χ0n) is 8.65. The summed E-state index contributed by atoms with van der Waals surface area (Å²) < 4.78 is 20.1. The number of benzene rings is 1. The summed E-state index contributed by atoms with van der Waals surface area (Å²) in [5, 5.41) is 3.97. The van der Waals surface area contributed by atoms with Gasteiger partial charge in [0.1, 0.15) is 11.6 Å². The van der Waals surface area contributed by atoms with Crippen LogP contribution in [0.3, 0.4) is 0 Å². The lowest BCUT2D eigenvalue weighted by atomic mass is 10.2. The second kappa shape index (κ2) is 4.53. The summed E-state index contributed by atoms with van der Waals surface area (Å²) in [6.45, 7) is 0. The molecule has 1 heterocycles. The summed E-state index contributed by atoms with van der Waals surface area (Å²) in [5.74, 6) is 1.02. The van der Waals surface area contributed by atoms with Crippen LogP contribution in [0.5, 0.6) is 11.5 Å². The number of aromatic nitrogens is 2. The Morgan fingerprint density at radius 1 is 1.50 bits per heavy atom. The Labute approximate surface area is 97.4 Å². The Morgan fingerprint density at radius 2 is 2.31 bits per heavy atom. The number of alkyl halides is 1. The van der Waals surface area contributed by atoms with Gasteiger partial charge in [-0.1, -0.05) is 0 Å². The van der Waals surface area contributed by atoms with Crippen molar-refractivity contribution in [2.24, 2.45) is 7.05 Å². The predicted octanol–water partition coefficient (Wildman–Crippen LogP) is 3.09. The minimum Gasteiger partial charge on any atom is -0.454 e. The van der Waals surface area contributed by atoms with Crippen LogP contribution in [0.1, 0.15) is 5.56 Å². The van der Waals surface area contributed by atoms with Crippen molar-refractivity contribution in [3.63, 3.8) is 0 Å². The van der Waals surface area contributed by atoms with Gasteiger partial charge in [0.15, 0.2) is 5.75 Å². The monoisotopic (exact) mass is 240 g/mol. The fourth-order valence-corrected chi connectivity index (χ4v) is 1.54. The Balaban J connectivity index is 2.27. The number of rotatable bonds is 3. The molecule has 0 unspecified atom stereocenters. The highest BCUT2D eigenvalue weighted by atomic mass is 35.5. The van der Waals surface area contributed by atoms with E-state index < -0.39 is 0 Å². The standard InChI is InChI=1S/C11H10ClFN2O/c1-15-7-10(6-14-15)16-11-3-2-9(13)4-8(11)5-12/h2-4,6-7H,5H2,1H3. The maximum Gasteiger partial charge on any atom is 0.165 e. The molecule has 2 aromatic rings. The predicted molar refractivity (Wildman–Crippen MR) is 59.2 cm³/mol. The second-order valence-corrected chi connectivity index (χ2v) is 3.60. The zero-order chi connectivity index (χ0) is 11.5. The van der Waals surface area contributed by atoms with Crippen LogP contribution in [0.4, 0.5) is 4.39 Å². The van der Waals surface area contributed by atoms with Gasteiger partial charge in [0.2, 0.25) is 0 Å². The van der Waals surface area contributed by atoms with Crippen molar-refractivity contribution in [1.29, 1.82) is 0 Å². The van der Waals surface area contributed by atoms with Gasteiger partial charge in [0.25, 0.3) is 0 Å². The largest absolute Gasteiger partial charge is 0.454 e. The molecule has 0 N–H and O–H groups in total. The number of hydrogen-bond acceptors (Lipinski definition) is 2. The average Bonchev–Trinajstić information content (AvgIpc) is 2.67. The molecule has 5 heteroatoms. The first kappa shape index (κ1) is 11.0. The van der Waals surface area contributed by atoms with Crippen LogP contribution >= 0.6 is 11.6 Å². The molecule has 0 atom stereocenters. The van der Waals surface area contributed by atoms with Gasteiger partial charge in [-0.3, -0.25) is 4.68 Å². The average molecular weight is 241 g/mol. The number of ether oxygens (including phenoxy) is 1. The SMILES string of the molecule is Cn1cc(Oc2ccc(F)cc2CCl)cn1. The molecule has 2 rings (SSSR count). The van der Waals surface area contributed by atoms with E-state index in [1.807, 2.05) is 0 Å². The van der Waals surface area contributed by atoms with E-state index in [1.54, 1.807) is 30.2 Å². The second-order valence-electron chi connectivity index (χ2n) is 3.34. The van der Waals surface area contributed by atoms with E-state index in [0.717, 1.165) is 0 Å². The molecular weight excluding hydrogens is 231 g/mol. The Hall–Kier alpha value is -1.55. The zero-order valence-corrected chi connectivity index (χ0v) is 9.41. The van der Waals surface area contributed by atoms with Gasteiger partial charge >= 0.3 is 0 Å². The first-order valence-electron chi connectivity index (χ1n) is 4.70. The van der Waals surface area contributed by atoms with Crippen LogP contribution < -0.4 is 4.74 Å². The molecule has 0 spiro atoms. The first-order valence-corrected chi connectivity index (χ1v) is 5.23. The van der Waals surface area contributed by atoms with Crippen molar-refractivity contribution >= 4 is 11.6 Å². The fraction of sp³-hybridized carbons (Fsp3) is 0.182. The summed E-state index contributed by atoms with van der Waals surface area (Å²) in [7, 11) is 1.79. The van der Waals surface area contributed by atoms with Crippen LogP contribution in [0.2, 0.25) is 0 Å². The van der Waals surface area contributed by atoms with Gasteiger partial charge in [-0.25, -0.2) is 4.39 Å². The molecule has 16 heavy (non-hydrogen) atoms.